The normalized spacial score (nSPS) is 20.5. The molecule has 1 aliphatic rings. The summed E-state index contributed by atoms with van der Waals surface area (Å²) in [6, 6.07) is -0.0318. The Labute approximate surface area is 95.4 Å². The van der Waals surface area contributed by atoms with Crippen molar-refractivity contribution in [1.82, 2.24) is 4.90 Å². The Bertz CT molecular complexity index is 382. The lowest BCUT2D eigenvalue weighted by atomic mass is 10.1. The number of hydrogen-bond acceptors (Lipinski definition) is 4. The molecule has 90 valence electrons. The molecule has 16 heavy (non-hydrogen) atoms. The van der Waals surface area contributed by atoms with Gasteiger partial charge < -0.3 is 5.11 Å². The van der Waals surface area contributed by atoms with Crippen LogP contribution in [0, 0.1) is 12.3 Å². The van der Waals surface area contributed by atoms with Crippen LogP contribution in [0.1, 0.15) is 12.8 Å². The molecule has 1 heterocycles. The molecule has 5 nitrogen and oxygen atoms in total. The standard InChI is InChI=1S/C10H15NO4S/c1-2-5-11(8-10(12)13)9-3-6-16(14,15)7-4-9/h1,9H,3-8H2,(H,12,13). The van der Waals surface area contributed by atoms with Gasteiger partial charge in [-0.05, 0) is 12.8 Å². The van der Waals surface area contributed by atoms with Gasteiger partial charge in [0.25, 0.3) is 0 Å². The molecule has 0 aromatic carbocycles. The van der Waals surface area contributed by atoms with Crippen LogP contribution < -0.4 is 0 Å². The monoisotopic (exact) mass is 245 g/mol. The molecule has 0 unspecified atom stereocenters. The summed E-state index contributed by atoms with van der Waals surface area (Å²) in [5, 5.41) is 8.72. The smallest absolute Gasteiger partial charge is 0.317 e. The summed E-state index contributed by atoms with van der Waals surface area (Å²) in [4.78, 5) is 12.3. The van der Waals surface area contributed by atoms with Crippen LogP contribution >= 0.6 is 0 Å². The lowest BCUT2D eigenvalue weighted by Crippen LogP contribution is -2.43. The molecule has 0 radical (unpaired) electrons. The zero-order valence-electron chi connectivity index (χ0n) is 8.92. The molecule has 1 aliphatic heterocycles. The number of nitrogens with zero attached hydrogens (tertiary/aromatic N) is 1. The average Bonchev–Trinajstić information content (AvgIpc) is 2.16. The topological polar surface area (TPSA) is 74.7 Å². The number of carbonyl (C=O) groups is 1. The quantitative estimate of drug-likeness (QED) is 0.681. The van der Waals surface area contributed by atoms with Crippen LogP contribution in [0.3, 0.4) is 0 Å². The first-order valence-electron chi connectivity index (χ1n) is 5.04. The van der Waals surface area contributed by atoms with Crippen molar-refractivity contribution in [3.63, 3.8) is 0 Å². The van der Waals surface area contributed by atoms with Crippen LogP contribution in [0.25, 0.3) is 0 Å². The number of rotatable bonds is 4. The summed E-state index contributed by atoms with van der Waals surface area (Å²) in [5.74, 6) is 1.71. The number of sulfone groups is 1. The van der Waals surface area contributed by atoms with Crippen molar-refractivity contribution in [2.24, 2.45) is 0 Å². The summed E-state index contributed by atoms with van der Waals surface area (Å²) in [6.45, 7) is 0.117. The minimum atomic E-state index is -2.92. The van der Waals surface area contributed by atoms with Crippen LogP contribution in [0.2, 0.25) is 0 Å². The van der Waals surface area contributed by atoms with Gasteiger partial charge in [-0.1, -0.05) is 5.92 Å². The Hall–Kier alpha value is -1.06. The minimum Gasteiger partial charge on any atom is -0.480 e. The van der Waals surface area contributed by atoms with E-state index >= 15 is 0 Å². The van der Waals surface area contributed by atoms with Gasteiger partial charge in [-0.25, -0.2) is 8.42 Å². The number of carboxylic acids is 1. The van der Waals surface area contributed by atoms with Gasteiger partial charge in [-0.2, -0.15) is 0 Å². The Morgan fingerprint density at radius 1 is 1.44 bits per heavy atom. The fraction of sp³-hybridized carbons (Fsp3) is 0.700. The molecular weight excluding hydrogens is 230 g/mol. The minimum absolute atomic E-state index is 0.0318. The highest BCUT2D eigenvalue weighted by molar-refractivity contribution is 7.91. The first-order valence-corrected chi connectivity index (χ1v) is 6.86. The Kier molecular flexibility index (Phi) is 4.33. The predicted octanol–water partition coefficient (Wildman–Crippen LogP) is -0.417. The van der Waals surface area contributed by atoms with Gasteiger partial charge in [0, 0.05) is 6.04 Å². The SMILES string of the molecule is C#CCN(CC(=O)O)C1CCS(=O)(=O)CC1. The van der Waals surface area contributed by atoms with Crippen LogP contribution in [-0.2, 0) is 14.6 Å². The molecule has 0 spiro atoms. The first kappa shape index (κ1) is 13.0. The zero-order chi connectivity index (χ0) is 12.2. The molecule has 1 saturated heterocycles. The van der Waals surface area contributed by atoms with E-state index in [0.29, 0.717) is 12.8 Å². The molecule has 0 amide bonds. The van der Waals surface area contributed by atoms with Crippen LogP contribution in [-0.4, -0.2) is 55.0 Å². The highest BCUT2D eigenvalue weighted by Crippen LogP contribution is 2.17. The first-order chi connectivity index (χ1) is 7.44. The highest BCUT2D eigenvalue weighted by atomic mass is 32.2. The molecule has 0 aliphatic carbocycles. The van der Waals surface area contributed by atoms with E-state index in [1.807, 2.05) is 0 Å². The van der Waals surface area contributed by atoms with E-state index < -0.39 is 15.8 Å². The maximum absolute atomic E-state index is 11.2. The molecule has 0 atom stereocenters. The van der Waals surface area contributed by atoms with E-state index in [1.165, 1.54) is 0 Å². The third-order valence-corrected chi connectivity index (χ3v) is 4.39. The molecule has 0 bridgehead atoms. The van der Waals surface area contributed by atoms with E-state index in [2.05, 4.69) is 5.92 Å². The number of terminal acetylenes is 1. The van der Waals surface area contributed by atoms with Crippen molar-refractivity contribution >= 4 is 15.8 Å². The summed E-state index contributed by atoms with van der Waals surface area (Å²) >= 11 is 0. The van der Waals surface area contributed by atoms with Gasteiger partial charge in [0.1, 0.15) is 9.84 Å². The summed E-state index contributed by atoms with van der Waals surface area (Å²) in [7, 11) is -2.92. The Balaban J connectivity index is 2.60. The van der Waals surface area contributed by atoms with Crippen molar-refractivity contribution in [1.29, 1.82) is 0 Å². The van der Waals surface area contributed by atoms with Crippen molar-refractivity contribution in [3.8, 4) is 12.3 Å². The third-order valence-electron chi connectivity index (χ3n) is 2.67. The third kappa shape index (κ3) is 3.83. The second kappa shape index (κ2) is 5.32. The summed E-state index contributed by atoms with van der Waals surface area (Å²) in [6.07, 6.45) is 6.10. The lowest BCUT2D eigenvalue weighted by Gasteiger charge is -2.31. The number of carboxylic acid groups (broad SMARTS) is 1. The predicted molar refractivity (Wildman–Crippen MR) is 59.7 cm³/mol. The summed E-state index contributed by atoms with van der Waals surface area (Å²) < 4.78 is 22.4. The van der Waals surface area contributed by atoms with E-state index in [0.717, 1.165) is 0 Å². The molecular formula is C10H15NO4S. The van der Waals surface area contributed by atoms with Crippen LogP contribution in [0.15, 0.2) is 0 Å². The molecule has 1 N–H and O–H groups in total. The van der Waals surface area contributed by atoms with Gasteiger partial charge in [0.15, 0.2) is 0 Å². The van der Waals surface area contributed by atoms with Crippen LogP contribution in [0.5, 0.6) is 0 Å². The van der Waals surface area contributed by atoms with Crippen molar-refractivity contribution < 1.29 is 18.3 Å². The Morgan fingerprint density at radius 2 is 2.00 bits per heavy atom. The maximum Gasteiger partial charge on any atom is 0.317 e. The van der Waals surface area contributed by atoms with E-state index in [9.17, 15) is 13.2 Å². The van der Waals surface area contributed by atoms with Crippen LogP contribution in [0.4, 0.5) is 0 Å². The van der Waals surface area contributed by atoms with Crippen molar-refractivity contribution in [3.05, 3.63) is 0 Å². The molecule has 0 aromatic heterocycles. The fourth-order valence-corrected chi connectivity index (χ4v) is 3.31. The fourth-order valence-electron chi connectivity index (χ4n) is 1.85. The van der Waals surface area contributed by atoms with Gasteiger partial charge >= 0.3 is 5.97 Å². The molecule has 1 fully saturated rings. The molecule has 1 rings (SSSR count). The van der Waals surface area contributed by atoms with Gasteiger partial charge in [0.2, 0.25) is 0 Å². The Morgan fingerprint density at radius 3 is 2.44 bits per heavy atom. The lowest BCUT2D eigenvalue weighted by molar-refractivity contribution is -0.138. The van der Waals surface area contributed by atoms with E-state index in [1.54, 1.807) is 4.90 Å². The molecule has 0 saturated carbocycles. The number of hydrogen-bond donors (Lipinski definition) is 1. The van der Waals surface area contributed by atoms with Crippen molar-refractivity contribution in [2.75, 3.05) is 24.6 Å². The highest BCUT2D eigenvalue weighted by Gasteiger charge is 2.28. The van der Waals surface area contributed by atoms with E-state index in [4.69, 9.17) is 11.5 Å². The molecule has 6 heteroatoms. The van der Waals surface area contributed by atoms with Crippen molar-refractivity contribution in [2.45, 2.75) is 18.9 Å². The van der Waals surface area contributed by atoms with E-state index in [-0.39, 0.29) is 30.6 Å². The molecule has 0 aromatic rings. The average molecular weight is 245 g/mol. The number of aliphatic carboxylic acids is 1. The van der Waals surface area contributed by atoms with Gasteiger partial charge in [-0.15, -0.1) is 6.42 Å². The summed E-state index contributed by atoms with van der Waals surface area (Å²) in [5.41, 5.74) is 0. The largest absolute Gasteiger partial charge is 0.480 e. The zero-order valence-corrected chi connectivity index (χ0v) is 9.74. The second-order valence-electron chi connectivity index (χ2n) is 3.89. The van der Waals surface area contributed by atoms with Gasteiger partial charge in [-0.3, -0.25) is 9.69 Å². The second-order valence-corrected chi connectivity index (χ2v) is 6.19. The van der Waals surface area contributed by atoms with Gasteiger partial charge in [0.05, 0.1) is 24.6 Å². The maximum atomic E-state index is 11.2.